The number of hydrogen-bond donors (Lipinski definition) is 12. The predicted molar refractivity (Wildman–Crippen MR) is 173 cm³/mol. The van der Waals surface area contributed by atoms with Crippen LogP contribution >= 0.6 is 7.82 Å². The second-order valence-electron chi connectivity index (χ2n) is 11.8. The van der Waals surface area contributed by atoms with E-state index in [0.29, 0.717) is 5.56 Å². The number of nitrogens with one attached hydrogen (secondary N) is 4. The largest absolute Gasteiger partial charge is 0.508 e. The van der Waals surface area contributed by atoms with Crippen LogP contribution in [0.25, 0.3) is 6.08 Å². The van der Waals surface area contributed by atoms with E-state index in [1.807, 2.05) is 10.6 Å². The molecule has 23 nitrogen and oxygen atoms in total. The molecule has 1 fully saturated rings. The summed E-state index contributed by atoms with van der Waals surface area (Å²) in [6.07, 6.45) is -9.95. The van der Waals surface area contributed by atoms with Crippen molar-refractivity contribution in [2.75, 3.05) is 18.1 Å². The first-order valence-electron chi connectivity index (χ1n) is 15.6. The summed E-state index contributed by atoms with van der Waals surface area (Å²) in [7, 11) is -5.24. The van der Waals surface area contributed by atoms with Crippen LogP contribution in [0.3, 0.4) is 0 Å². The van der Waals surface area contributed by atoms with Crippen LogP contribution in [0.15, 0.2) is 23.8 Å². The number of imide groups is 1. The summed E-state index contributed by atoms with van der Waals surface area (Å²) in [6, 6.07) is -0.205. The Morgan fingerprint density at radius 3 is 2.21 bits per heavy atom. The number of nitrogens with zero attached hydrogens (tertiary/aromatic N) is 1. The van der Waals surface area contributed by atoms with E-state index in [4.69, 9.17) is 14.7 Å². The Hall–Kier alpha value is -5.16. The number of phenols is 1. The van der Waals surface area contributed by atoms with Crippen molar-refractivity contribution in [3.05, 3.63) is 29.3 Å². The molecule has 0 spiro atoms. The topological polar surface area (TPSA) is 368 Å². The summed E-state index contributed by atoms with van der Waals surface area (Å²) in [5, 5.41) is 77.7. The van der Waals surface area contributed by atoms with Gasteiger partial charge in [0.1, 0.15) is 48.4 Å². The zero-order chi connectivity index (χ0) is 39.8. The quantitative estimate of drug-likeness (QED) is 0.0593. The summed E-state index contributed by atoms with van der Waals surface area (Å²) in [6.45, 7) is -0.822. The molecule has 0 aliphatic carbocycles. The minimum absolute atomic E-state index is 0.0453. The van der Waals surface area contributed by atoms with Crippen molar-refractivity contribution < 1.29 is 87.8 Å². The molecule has 12 N–H and O–H groups in total. The van der Waals surface area contributed by atoms with E-state index in [0.717, 1.165) is 6.92 Å². The molecule has 0 radical (unpaired) electrons. The minimum Gasteiger partial charge on any atom is -0.508 e. The lowest BCUT2D eigenvalue weighted by molar-refractivity contribution is -0.144. The number of carboxylic acid groups (broad SMARTS) is 3. The fourth-order valence-electron chi connectivity index (χ4n) is 5.07. The lowest BCUT2D eigenvalue weighted by Crippen LogP contribution is -2.63. The lowest BCUT2D eigenvalue weighted by Gasteiger charge is -2.42. The van der Waals surface area contributed by atoms with Crippen LogP contribution in [0.1, 0.15) is 38.2 Å². The third kappa shape index (κ3) is 11.9. The minimum atomic E-state index is -5.24. The number of urea groups is 1. The molecule has 3 rings (SSSR count). The number of phenolic OH excluding ortho intramolecular Hbond substituents is 1. The third-order valence-corrected chi connectivity index (χ3v) is 8.85. The fraction of sp³-hybridized carbons (Fsp3) is 0.483. The van der Waals surface area contributed by atoms with Crippen molar-refractivity contribution in [2.24, 2.45) is 0 Å². The zero-order valence-corrected chi connectivity index (χ0v) is 28.5. The molecule has 24 heteroatoms. The number of β-amino-alcohol motifs (C(OH)–C–C–N with tert-alkyl or cyclic N) is 1. The van der Waals surface area contributed by atoms with E-state index >= 15 is 0 Å². The molecule has 2 heterocycles. The number of rotatable bonds is 20. The molecule has 2 aliphatic heterocycles. The number of hydrogen-bond acceptors (Lipinski definition) is 15. The Kier molecular flexibility index (Phi) is 14.4. The third-order valence-electron chi connectivity index (χ3n) is 7.79. The summed E-state index contributed by atoms with van der Waals surface area (Å²) >= 11 is 0. The van der Waals surface area contributed by atoms with E-state index in [9.17, 15) is 68.6 Å². The normalized spacial score (nSPS) is 19.6. The van der Waals surface area contributed by atoms with E-state index in [-0.39, 0.29) is 17.0 Å². The van der Waals surface area contributed by atoms with Crippen molar-refractivity contribution in [2.45, 2.75) is 75.3 Å². The predicted octanol–water partition coefficient (Wildman–Crippen LogP) is -2.85. The number of phosphoric acid groups is 1. The molecule has 2 aliphatic rings. The van der Waals surface area contributed by atoms with Crippen LogP contribution in [0.2, 0.25) is 0 Å². The maximum Gasteiger partial charge on any atom is 0.473 e. The number of carboxylic acids is 3. The first kappa shape index (κ1) is 42.3. The van der Waals surface area contributed by atoms with E-state index < -0.39 is 131 Å². The number of aliphatic carboxylic acids is 3. The summed E-state index contributed by atoms with van der Waals surface area (Å²) in [5.41, 5.74) is 0.657. The number of aliphatic hydroxyl groups is 3. The number of anilines is 1. The van der Waals surface area contributed by atoms with Gasteiger partial charge in [0, 0.05) is 31.1 Å². The Balaban J connectivity index is 1.54. The molecule has 0 saturated carbocycles. The maximum absolute atomic E-state index is 12.6. The van der Waals surface area contributed by atoms with Gasteiger partial charge in [-0.2, -0.15) is 0 Å². The number of aromatic hydroxyl groups is 1. The van der Waals surface area contributed by atoms with Gasteiger partial charge in [-0.05, 0) is 43.5 Å². The molecule has 0 aromatic heterocycles. The molecule has 8 atom stereocenters. The van der Waals surface area contributed by atoms with Crippen molar-refractivity contribution in [3.63, 3.8) is 0 Å². The Morgan fingerprint density at radius 2 is 1.58 bits per heavy atom. The molecule has 1 aromatic rings. The highest BCUT2D eigenvalue weighted by Gasteiger charge is 2.40. The van der Waals surface area contributed by atoms with Crippen molar-refractivity contribution in [1.29, 1.82) is 0 Å². The van der Waals surface area contributed by atoms with Crippen molar-refractivity contribution in [3.8, 4) is 5.75 Å². The SMILES string of the molecule is C[C@H](OP(=O)(O)OC[C@@H](O)[C@@H](O)[C@@H](O)CN1c2cc(O)ccc2C=C2C(=O)NC(=O)NC21)C(=O)N[C@@H](CCC(=O)N[C@@H](CCC(=O)O)C(=O)O)C(=O)O. The smallest absolute Gasteiger partial charge is 0.473 e. The highest BCUT2D eigenvalue weighted by atomic mass is 31.2. The number of phosphoric ester groups is 1. The van der Waals surface area contributed by atoms with E-state index in [1.54, 1.807) is 0 Å². The first-order chi connectivity index (χ1) is 24.7. The summed E-state index contributed by atoms with van der Waals surface area (Å²) in [4.78, 5) is 94.2. The van der Waals surface area contributed by atoms with Gasteiger partial charge in [0.15, 0.2) is 0 Å². The highest BCUT2D eigenvalue weighted by Crippen LogP contribution is 2.45. The monoisotopic (exact) mass is 775 g/mol. The number of fused-ring (bicyclic) bond motifs is 2. The Bertz CT molecular complexity index is 1690. The van der Waals surface area contributed by atoms with Gasteiger partial charge in [-0.3, -0.25) is 33.5 Å². The Labute approximate surface area is 298 Å². The number of benzene rings is 1. The van der Waals surface area contributed by atoms with Crippen molar-refractivity contribution >= 4 is 61.2 Å². The molecule has 0 bridgehead atoms. The zero-order valence-electron chi connectivity index (χ0n) is 27.6. The molecular weight excluding hydrogens is 737 g/mol. The average molecular weight is 776 g/mol. The average Bonchev–Trinajstić information content (AvgIpc) is 3.06. The first-order valence-corrected chi connectivity index (χ1v) is 17.1. The molecule has 5 amide bonds. The lowest BCUT2D eigenvalue weighted by atomic mass is 9.96. The molecule has 292 valence electrons. The summed E-state index contributed by atoms with van der Waals surface area (Å²) in [5.74, 6) is -7.71. The Morgan fingerprint density at radius 1 is 0.962 bits per heavy atom. The highest BCUT2D eigenvalue weighted by molar-refractivity contribution is 7.47. The van der Waals surface area contributed by atoms with Crippen LogP contribution in [-0.4, -0.2) is 138 Å². The van der Waals surface area contributed by atoms with Crippen LogP contribution in [0.4, 0.5) is 10.5 Å². The van der Waals surface area contributed by atoms with Gasteiger partial charge >= 0.3 is 31.8 Å². The fourth-order valence-corrected chi connectivity index (χ4v) is 5.97. The van der Waals surface area contributed by atoms with Gasteiger partial charge in [-0.1, -0.05) is 0 Å². The van der Waals surface area contributed by atoms with Gasteiger partial charge in [0.25, 0.3) is 5.91 Å². The molecule has 1 saturated heterocycles. The second-order valence-corrected chi connectivity index (χ2v) is 13.2. The van der Waals surface area contributed by atoms with Crippen LogP contribution < -0.4 is 26.2 Å². The van der Waals surface area contributed by atoms with E-state index in [1.165, 1.54) is 29.2 Å². The van der Waals surface area contributed by atoms with Gasteiger partial charge in [0.2, 0.25) is 11.8 Å². The molecule has 2 unspecified atom stereocenters. The van der Waals surface area contributed by atoms with Crippen molar-refractivity contribution in [1.82, 2.24) is 21.3 Å². The molecular formula is C29H38N5O18P. The van der Waals surface area contributed by atoms with E-state index in [2.05, 4.69) is 15.2 Å². The molecule has 53 heavy (non-hydrogen) atoms. The van der Waals surface area contributed by atoms with Gasteiger partial charge < -0.3 is 61.5 Å². The van der Waals surface area contributed by atoms with Crippen LogP contribution in [0.5, 0.6) is 5.75 Å². The molecule has 1 aromatic carbocycles. The number of carbonyl (C=O) groups excluding carboxylic acids is 4. The summed E-state index contributed by atoms with van der Waals surface area (Å²) < 4.78 is 21.9. The van der Waals surface area contributed by atoms with Crippen LogP contribution in [-0.2, 0) is 42.4 Å². The standard InChI is InChI=1S/C29H38N5O18P/c1-12(25(42)31-17(28(46)47)4-6-21(38)30-16(27(44)45)5-7-22(39)40)52-53(49,50)51-11-20(37)23(41)19(36)10-34-18-9-14(35)3-2-13(18)8-15-24(34)32-29(48)33-26(15)43/h2-3,8-9,12,16-17,19-20,23-24,35-37,41H,4-7,10-11H2,1H3,(H,30,38)(H,31,42)(H,39,40)(H,44,45)(H,46,47)(H,49,50)(H2,32,33,43,48)/t12-,16-,17-,19-,20+,23-,24?/m0/s1. The van der Waals surface area contributed by atoms with Gasteiger partial charge in [0.05, 0.1) is 12.2 Å². The second kappa shape index (κ2) is 18.1. The number of carbonyl (C=O) groups is 7. The number of amides is 5. The maximum atomic E-state index is 12.6. The van der Waals surface area contributed by atoms with Gasteiger partial charge in [-0.25, -0.2) is 18.9 Å². The van der Waals surface area contributed by atoms with Gasteiger partial charge in [-0.15, -0.1) is 0 Å². The number of aliphatic hydroxyl groups excluding tert-OH is 3. The van der Waals surface area contributed by atoms with Crippen LogP contribution in [0, 0.1) is 0 Å².